The van der Waals surface area contributed by atoms with Gasteiger partial charge >= 0.3 is 6.03 Å². The molecule has 0 radical (unpaired) electrons. The fourth-order valence-corrected chi connectivity index (χ4v) is 1.88. The molecule has 1 aromatic carbocycles. The number of aromatic nitrogens is 2. The normalized spacial score (nSPS) is 10.2. The second-order valence-corrected chi connectivity index (χ2v) is 5.11. The van der Waals surface area contributed by atoms with E-state index >= 15 is 0 Å². The van der Waals surface area contributed by atoms with Gasteiger partial charge in [-0.05, 0) is 47.4 Å². The van der Waals surface area contributed by atoms with E-state index in [9.17, 15) is 4.79 Å². The summed E-state index contributed by atoms with van der Waals surface area (Å²) in [5.41, 5.74) is 1.58. The Hall–Kier alpha value is -1.66. The Morgan fingerprint density at radius 1 is 1.33 bits per heavy atom. The standard InChI is InChI=1S/C11H11ClN4OS/c1-16(2)11(17)13-8-5-3-7(4-6-8)9-14-10(12)18-15-9/h3-6H,1-2H3,(H,13,17). The Labute approximate surface area is 114 Å². The summed E-state index contributed by atoms with van der Waals surface area (Å²) in [4.78, 5) is 17.0. The van der Waals surface area contributed by atoms with Crippen molar-refractivity contribution in [3.63, 3.8) is 0 Å². The van der Waals surface area contributed by atoms with Crippen molar-refractivity contribution in [2.75, 3.05) is 19.4 Å². The van der Waals surface area contributed by atoms with Crippen molar-refractivity contribution in [1.82, 2.24) is 14.3 Å². The number of amides is 2. The van der Waals surface area contributed by atoms with Crippen molar-refractivity contribution in [3.8, 4) is 11.4 Å². The molecule has 0 spiro atoms. The van der Waals surface area contributed by atoms with Crippen LogP contribution in [0.1, 0.15) is 0 Å². The van der Waals surface area contributed by atoms with E-state index in [0.717, 1.165) is 22.8 Å². The maximum atomic E-state index is 11.4. The van der Waals surface area contributed by atoms with Gasteiger partial charge < -0.3 is 10.2 Å². The SMILES string of the molecule is CN(C)C(=O)Nc1ccc(-c2nsc(Cl)n2)cc1. The van der Waals surface area contributed by atoms with E-state index in [0.29, 0.717) is 10.3 Å². The number of nitrogens with one attached hydrogen (secondary N) is 1. The fraction of sp³-hybridized carbons (Fsp3) is 0.182. The van der Waals surface area contributed by atoms with Gasteiger partial charge in [0.2, 0.25) is 4.47 Å². The smallest absolute Gasteiger partial charge is 0.321 e. The van der Waals surface area contributed by atoms with Crippen LogP contribution in [0.4, 0.5) is 10.5 Å². The summed E-state index contributed by atoms with van der Waals surface area (Å²) in [5, 5.41) is 2.75. The van der Waals surface area contributed by atoms with Crippen LogP contribution >= 0.6 is 23.1 Å². The van der Waals surface area contributed by atoms with Crippen molar-refractivity contribution in [3.05, 3.63) is 28.7 Å². The minimum absolute atomic E-state index is 0.169. The van der Waals surface area contributed by atoms with Gasteiger partial charge in [-0.25, -0.2) is 9.78 Å². The average Bonchev–Trinajstić information content (AvgIpc) is 2.76. The number of benzene rings is 1. The molecular weight excluding hydrogens is 272 g/mol. The lowest BCUT2D eigenvalue weighted by atomic mass is 10.2. The highest BCUT2D eigenvalue weighted by Gasteiger charge is 2.06. The van der Waals surface area contributed by atoms with Gasteiger partial charge in [-0.2, -0.15) is 4.37 Å². The van der Waals surface area contributed by atoms with Gasteiger partial charge in [-0.15, -0.1) is 0 Å². The Bertz CT molecular complexity index is 552. The maximum absolute atomic E-state index is 11.4. The Morgan fingerprint density at radius 2 is 2.00 bits per heavy atom. The lowest BCUT2D eigenvalue weighted by molar-refractivity contribution is 0.230. The highest BCUT2D eigenvalue weighted by atomic mass is 35.5. The molecule has 18 heavy (non-hydrogen) atoms. The minimum Gasteiger partial charge on any atom is -0.331 e. The second kappa shape index (κ2) is 5.32. The predicted octanol–water partition coefficient (Wildman–Crippen LogP) is 2.95. The molecule has 0 atom stereocenters. The summed E-state index contributed by atoms with van der Waals surface area (Å²) < 4.78 is 4.52. The maximum Gasteiger partial charge on any atom is 0.321 e. The number of hydrogen-bond acceptors (Lipinski definition) is 4. The number of hydrogen-bond donors (Lipinski definition) is 1. The number of urea groups is 1. The van der Waals surface area contributed by atoms with Gasteiger partial charge in [0.05, 0.1) is 0 Å². The zero-order valence-electron chi connectivity index (χ0n) is 9.85. The summed E-state index contributed by atoms with van der Waals surface area (Å²) >= 11 is 6.87. The monoisotopic (exact) mass is 282 g/mol. The van der Waals surface area contributed by atoms with E-state index in [1.165, 1.54) is 4.90 Å². The lowest BCUT2D eigenvalue weighted by Gasteiger charge is -2.11. The van der Waals surface area contributed by atoms with Gasteiger partial charge in [0.25, 0.3) is 0 Å². The van der Waals surface area contributed by atoms with Crippen molar-refractivity contribution in [2.24, 2.45) is 0 Å². The van der Waals surface area contributed by atoms with Crippen molar-refractivity contribution < 1.29 is 4.79 Å². The van der Waals surface area contributed by atoms with Crippen LogP contribution in [0.15, 0.2) is 24.3 Å². The average molecular weight is 283 g/mol. The first kappa shape index (κ1) is 12.8. The molecular formula is C11H11ClN4OS. The molecule has 0 aliphatic rings. The number of halogens is 1. The Morgan fingerprint density at radius 3 is 2.50 bits per heavy atom. The largest absolute Gasteiger partial charge is 0.331 e. The first-order valence-electron chi connectivity index (χ1n) is 5.14. The molecule has 0 saturated heterocycles. The zero-order chi connectivity index (χ0) is 13.1. The topological polar surface area (TPSA) is 58.1 Å². The molecule has 0 bridgehead atoms. The van der Waals surface area contributed by atoms with Crippen LogP contribution in [0.3, 0.4) is 0 Å². The highest BCUT2D eigenvalue weighted by molar-refractivity contribution is 7.10. The van der Waals surface area contributed by atoms with E-state index in [1.54, 1.807) is 26.2 Å². The molecule has 0 saturated carbocycles. The quantitative estimate of drug-likeness (QED) is 0.921. The molecule has 0 aliphatic carbocycles. The lowest BCUT2D eigenvalue weighted by Crippen LogP contribution is -2.27. The summed E-state index contributed by atoms with van der Waals surface area (Å²) in [7, 11) is 3.37. The Kier molecular flexibility index (Phi) is 3.78. The number of nitrogens with zero attached hydrogens (tertiary/aromatic N) is 3. The van der Waals surface area contributed by atoms with Crippen molar-refractivity contribution in [2.45, 2.75) is 0 Å². The van der Waals surface area contributed by atoms with Gasteiger partial charge in [0.15, 0.2) is 5.82 Å². The first-order valence-corrected chi connectivity index (χ1v) is 6.29. The molecule has 7 heteroatoms. The number of carbonyl (C=O) groups is 1. The van der Waals surface area contributed by atoms with Gasteiger partial charge in [0.1, 0.15) is 0 Å². The third-order valence-corrected chi connectivity index (χ3v) is 3.00. The molecule has 0 fully saturated rings. The number of anilines is 1. The van der Waals surface area contributed by atoms with Crippen LogP contribution in [-0.2, 0) is 0 Å². The molecule has 94 valence electrons. The summed E-state index contributed by atoms with van der Waals surface area (Å²) in [6, 6.07) is 7.10. The summed E-state index contributed by atoms with van der Waals surface area (Å²) in [6.45, 7) is 0. The molecule has 2 amide bonds. The summed E-state index contributed by atoms with van der Waals surface area (Å²) in [6.07, 6.45) is 0. The van der Waals surface area contributed by atoms with Crippen molar-refractivity contribution >= 4 is 34.9 Å². The Balaban J connectivity index is 2.13. The van der Waals surface area contributed by atoms with Gasteiger partial charge in [-0.3, -0.25) is 0 Å². The number of rotatable bonds is 2. The van der Waals surface area contributed by atoms with Crippen LogP contribution in [0, 0.1) is 0 Å². The molecule has 1 heterocycles. The molecule has 2 rings (SSSR count). The molecule has 0 unspecified atom stereocenters. The van der Waals surface area contributed by atoms with E-state index in [1.807, 2.05) is 12.1 Å². The third kappa shape index (κ3) is 2.96. The van der Waals surface area contributed by atoms with E-state index in [-0.39, 0.29) is 6.03 Å². The predicted molar refractivity (Wildman–Crippen MR) is 73.1 cm³/mol. The second-order valence-electron chi connectivity index (χ2n) is 3.77. The van der Waals surface area contributed by atoms with E-state index < -0.39 is 0 Å². The zero-order valence-corrected chi connectivity index (χ0v) is 11.4. The first-order chi connectivity index (χ1) is 8.56. The molecule has 0 aliphatic heterocycles. The number of carbonyl (C=O) groups excluding carboxylic acids is 1. The molecule has 2 aromatic rings. The minimum atomic E-state index is -0.169. The van der Waals surface area contributed by atoms with Crippen molar-refractivity contribution in [1.29, 1.82) is 0 Å². The third-order valence-electron chi connectivity index (χ3n) is 2.20. The van der Waals surface area contributed by atoms with Gasteiger partial charge in [-0.1, -0.05) is 0 Å². The van der Waals surface area contributed by atoms with E-state index in [2.05, 4.69) is 14.7 Å². The van der Waals surface area contributed by atoms with Crippen LogP contribution < -0.4 is 5.32 Å². The summed E-state index contributed by atoms with van der Waals surface area (Å²) in [5.74, 6) is 0.593. The van der Waals surface area contributed by atoms with Crippen LogP contribution in [0.25, 0.3) is 11.4 Å². The molecule has 1 N–H and O–H groups in total. The highest BCUT2D eigenvalue weighted by Crippen LogP contribution is 2.22. The van der Waals surface area contributed by atoms with Crippen LogP contribution in [-0.4, -0.2) is 34.4 Å². The fourth-order valence-electron chi connectivity index (χ4n) is 1.26. The van der Waals surface area contributed by atoms with E-state index in [4.69, 9.17) is 11.6 Å². The van der Waals surface area contributed by atoms with Crippen LogP contribution in [0.5, 0.6) is 0 Å². The van der Waals surface area contributed by atoms with Gasteiger partial charge in [0, 0.05) is 25.3 Å². The molecule has 5 nitrogen and oxygen atoms in total. The van der Waals surface area contributed by atoms with Crippen LogP contribution in [0.2, 0.25) is 4.47 Å². The molecule has 1 aromatic heterocycles.